The molecular weight excluding hydrogens is 342 g/mol. The predicted molar refractivity (Wildman–Crippen MR) is 92.6 cm³/mol. The van der Waals surface area contributed by atoms with E-state index >= 15 is 0 Å². The van der Waals surface area contributed by atoms with Gasteiger partial charge in [-0.1, -0.05) is 6.07 Å². The van der Waals surface area contributed by atoms with Gasteiger partial charge in [0.1, 0.15) is 5.58 Å². The van der Waals surface area contributed by atoms with E-state index in [0.717, 1.165) is 0 Å². The van der Waals surface area contributed by atoms with Crippen molar-refractivity contribution in [1.82, 2.24) is 5.43 Å². The Hall–Kier alpha value is -3.88. The van der Waals surface area contributed by atoms with Crippen molar-refractivity contribution in [3.8, 4) is 11.5 Å². The van der Waals surface area contributed by atoms with Gasteiger partial charge in [0, 0.05) is 23.1 Å². The molecule has 0 aliphatic rings. The minimum Gasteiger partial charge on any atom is -0.504 e. The van der Waals surface area contributed by atoms with Crippen LogP contribution in [0.25, 0.3) is 11.0 Å². The van der Waals surface area contributed by atoms with Crippen molar-refractivity contribution >= 4 is 28.8 Å². The maximum atomic E-state index is 12.1. The van der Waals surface area contributed by atoms with E-state index in [1.165, 1.54) is 37.6 Å². The van der Waals surface area contributed by atoms with Crippen LogP contribution in [-0.2, 0) is 0 Å². The lowest BCUT2D eigenvalue weighted by Gasteiger charge is -2.04. The lowest BCUT2D eigenvalue weighted by molar-refractivity contribution is -0.384. The molecule has 9 nitrogen and oxygen atoms in total. The maximum Gasteiger partial charge on any atom is 0.307 e. The molecule has 1 heterocycles. The van der Waals surface area contributed by atoms with Crippen LogP contribution < -0.4 is 10.2 Å². The number of para-hydroxylation sites is 1. The maximum absolute atomic E-state index is 12.1. The molecule has 132 valence electrons. The second kappa shape index (κ2) is 6.93. The number of nitrogens with one attached hydrogen (secondary N) is 1. The number of nitro groups is 1. The van der Waals surface area contributed by atoms with Crippen LogP contribution in [0.15, 0.2) is 52.0 Å². The lowest BCUT2D eigenvalue weighted by Crippen LogP contribution is -2.16. The SMILES string of the molecule is COc1cccc(C=NNC(=O)c2cc3cc([N+](=O)[O-])ccc3o2)c1O. The van der Waals surface area contributed by atoms with E-state index in [1.807, 2.05) is 0 Å². The fourth-order valence-corrected chi connectivity index (χ4v) is 2.28. The van der Waals surface area contributed by atoms with Crippen molar-refractivity contribution in [2.75, 3.05) is 7.11 Å². The number of phenols is 1. The monoisotopic (exact) mass is 355 g/mol. The number of methoxy groups -OCH3 is 1. The molecule has 3 rings (SSSR count). The van der Waals surface area contributed by atoms with Crippen molar-refractivity contribution < 1.29 is 24.0 Å². The molecule has 26 heavy (non-hydrogen) atoms. The largest absolute Gasteiger partial charge is 0.504 e. The summed E-state index contributed by atoms with van der Waals surface area (Å²) in [5.74, 6) is -0.516. The summed E-state index contributed by atoms with van der Waals surface area (Å²) in [7, 11) is 1.42. The quantitative estimate of drug-likeness (QED) is 0.411. The van der Waals surface area contributed by atoms with Gasteiger partial charge in [-0.05, 0) is 24.3 Å². The summed E-state index contributed by atoms with van der Waals surface area (Å²) in [6.07, 6.45) is 1.25. The molecular formula is C17H13N3O6. The molecule has 0 aliphatic carbocycles. The van der Waals surface area contributed by atoms with Crippen molar-refractivity contribution in [2.45, 2.75) is 0 Å². The van der Waals surface area contributed by atoms with Crippen LogP contribution in [0.1, 0.15) is 16.1 Å². The highest BCUT2D eigenvalue weighted by molar-refractivity contribution is 5.97. The zero-order valence-corrected chi connectivity index (χ0v) is 13.5. The van der Waals surface area contributed by atoms with Gasteiger partial charge in [-0.25, -0.2) is 5.43 Å². The Kier molecular flexibility index (Phi) is 4.52. The zero-order valence-electron chi connectivity index (χ0n) is 13.5. The molecule has 1 aromatic heterocycles. The molecule has 2 N–H and O–H groups in total. The van der Waals surface area contributed by atoms with E-state index in [-0.39, 0.29) is 22.9 Å². The van der Waals surface area contributed by atoms with Crippen LogP contribution in [0.4, 0.5) is 5.69 Å². The van der Waals surface area contributed by atoms with Crippen molar-refractivity contribution in [3.63, 3.8) is 0 Å². The predicted octanol–water partition coefficient (Wildman–Crippen LogP) is 2.82. The van der Waals surface area contributed by atoms with Crippen LogP contribution in [0.3, 0.4) is 0 Å². The van der Waals surface area contributed by atoms with Gasteiger partial charge in [0.05, 0.1) is 18.2 Å². The standard InChI is InChI=1S/C17H13N3O6/c1-25-14-4-2-3-10(16(14)21)9-18-19-17(22)15-8-11-7-12(20(23)24)5-6-13(11)26-15/h2-9,21H,1H3,(H,19,22). The van der Waals surface area contributed by atoms with E-state index < -0.39 is 10.8 Å². The van der Waals surface area contributed by atoms with Crippen LogP contribution in [0.5, 0.6) is 11.5 Å². The molecule has 0 fully saturated rings. The number of benzene rings is 2. The number of hydrazone groups is 1. The molecule has 9 heteroatoms. The van der Waals surface area contributed by atoms with E-state index in [4.69, 9.17) is 9.15 Å². The number of aromatic hydroxyl groups is 1. The zero-order chi connectivity index (χ0) is 18.7. The van der Waals surface area contributed by atoms with Crippen molar-refractivity contribution in [1.29, 1.82) is 0 Å². The van der Waals surface area contributed by atoms with Crippen LogP contribution in [0, 0.1) is 10.1 Å². The van der Waals surface area contributed by atoms with Gasteiger partial charge in [-0.15, -0.1) is 0 Å². The van der Waals surface area contributed by atoms with Crippen LogP contribution in [-0.4, -0.2) is 29.3 Å². The van der Waals surface area contributed by atoms with Gasteiger partial charge in [-0.2, -0.15) is 5.10 Å². The summed E-state index contributed by atoms with van der Waals surface area (Å²) in [6, 6.07) is 10.2. The number of hydrogen-bond acceptors (Lipinski definition) is 7. The number of phenolic OH excluding ortho intramolecular Hbond substituents is 1. The number of non-ortho nitro benzene ring substituents is 1. The van der Waals surface area contributed by atoms with Crippen LogP contribution >= 0.6 is 0 Å². The summed E-state index contributed by atoms with van der Waals surface area (Å²) in [6.45, 7) is 0. The number of carbonyl (C=O) groups excluding carboxylic acids is 1. The topological polar surface area (TPSA) is 127 Å². The summed E-state index contributed by atoms with van der Waals surface area (Å²) < 4.78 is 10.3. The first-order chi connectivity index (χ1) is 12.5. The highest BCUT2D eigenvalue weighted by Gasteiger charge is 2.14. The minimum absolute atomic E-state index is 0.0486. The molecule has 0 spiro atoms. The third kappa shape index (κ3) is 3.31. The lowest BCUT2D eigenvalue weighted by atomic mass is 10.2. The number of amides is 1. The Morgan fingerprint density at radius 3 is 2.88 bits per heavy atom. The summed E-state index contributed by atoms with van der Waals surface area (Å²) in [5, 5.41) is 24.9. The summed E-state index contributed by atoms with van der Waals surface area (Å²) in [4.78, 5) is 22.3. The molecule has 3 aromatic rings. The summed E-state index contributed by atoms with van der Waals surface area (Å²) >= 11 is 0. The average Bonchev–Trinajstić information content (AvgIpc) is 3.06. The van der Waals surface area contributed by atoms with Crippen molar-refractivity contribution in [2.24, 2.45) is 5.10 Å². The Bertz CT molecular complexity index is 1020. The molecule has 0 saturated carbocycles. The van der Waals surface area contributed by atoms with E-state index in [9.17, 15) is 20.0 Å². The Balaban J connectivity index is 1.76. The average molecular weight is 355 g/mol. The van der Waals surface area contributed by atoms with E-state index in [0.29, 0.717) is 16.5 Å². The van der Waals surface area contributed by atoms with Gasteiger partial charge in [0.25, 0.3) is 5.69 Å². The second-order valence-electron chi connectivity index (χ2n) is 5.19. The first-order valence-corrected chi connectivity index (χ1v) is 7.37. The summed E-state index contributed by atoms with van der Waals surface area (Å²) in [5.41, 5.74) is 2.86. The molecule has 0 bridgehead atoms. The van der Waals surface area contributed by atoms with Gasteiger partial charge in [0.15, 0.2) is 17.3 Å². The molecule has 1 amide bonds. The van der Waals surface area contributed by atoms with Crippen molar-refractivity contribution in [3.05, 3.63) is 63.9 Å². The molecule has 2 aromatic carbocycles. The third-order valence-corrected chi connectivity index (χ3v) is 3.55. The molecule has 0 saturated heterocycles. The Morgan fingerprint density at radius 2 is 2.15 bits per heavy atom. The fraction of sp³-hybridized carbons (Fsp3) is 0.0588. The first-order valence-electron chi connectivity index (χ1n) is 7.37. The Morgan fingerprint density at radius 1 is 1.35 bits per heavy atom. The second-order valence-corrected chi connectivity index (χ2v) is 5.19. The number of hydrogen-bond donors (Lipinski definition) is 2. The van der Waals surface area contributed by atoms with Gasteiger partial charge < -0.3 is 14.3 Å². The highest BCUT2D eigenvalue weighted by Crippen LogP contribution is 2.28. The number of nitro benzene ring substituents is 1. The molecule has 0 radical (unpaired) electrons. The highest BCUT2D eigenvalue weighted by atomic mass is 16.6. The minimum atomic E-state index is -0.637. The third-order valence-electron chi connectivity index (χ3n) is 3.55. The number of carbonyl (C=O) groups is 1. The number of furan rings is 1. The molecule has 0 atom stereocenters. The fourth-order valence-electron chi connectivity index (χ4n) is 2.28. The number of ether oxygens (including phenoxy) is 1. The van der Waals surface area contributed by atoms with Crippen LogP contribution in [0.2, 0.25) is 0 Å². The normalized spacial score (nSPS) is 11.0. The van der Waals surface area contributed by atoms with E-state index in [2.05, 4.69) is 10.5 Å². The Labute approximate surface area is 146 Å². The first kappa shape index (κ1) is 17.0. The number of nitrogens with zero attached hydrogens (tertiary/aromatic N) is 2. The van der Waals surface area contributed by atoms with E-state index in [1.54, 1.807) is 18.2 Å². The number of rotatable bonds is 5. The van der Waals surface area contributed by atoms with Gasteiger partial charge in [0.2, 0.25) is 0 Å². The smallest absolute Gasteiger partial charge is 0.307 e. The van der Waals surface area contributed by atoms with Gasteiger partial charge in [-0.3, -0.25) is 14.9 Å². The molecule has 0 unspecified atom stereocenters. The molecule has 0 aliphatic heterocycles. The number of fused-ring (bicyclic) bond motifs is 1. The van der Waals surface area contributed by atoms with Gasteiger partial charge >= 0.3 is 5.91 Å².